The number of piperazine rings is 1. The number of rotatable bonds is 5. The quantitative estimate of drug-likeness (QED) is 0.787. The van der Waals surface area contributed by atoms with E-state index in [1.54, 1.807) is 12.1 Å². The summed E-state index contributed by atoms with van der Waals surface area (Å²) in [6, 6.07) is 5.06. The van der Waals surface area contributed by atoms with Gasteiger partial charge in [-0.25, -0.2) is 0 Å². The van der Waals surface area contributed by atoms with Crippen LogP contribution in [0.2, 0.25) is 0 Å². The Balaban J connectivity index is 1.31. The molecule has 0 saturated carbocycles. The van der Waals surface area contributed by atoms with Crippen LogP contribution >= 0.6 is 11.3 Å². The van der Waals surface area contributed by atoms with Crippen LogP contribution in [0.3, 0.4) is 0 Å². The molecule has 4 heterocycles. The lowest BCUT2D eigenvalue weighted by Crippen LogP contribution is -2.51. The first-order valence-electron chi connectivity index (χ1n) is 10.3. The van der Waals surface area contributed by atoms with E-state index in [2.05, 4.69) is 10.2 Å². The standard InChI is InChI=1S/C21H26N4O4S/c1-15-13-17(22-20(27)16-5-4-12-29-16)30-19(15)21(28)25-10-8-23(9-11-25)14-18(26)24-6-2-3-7-24/h4-5,12-13H,2-3,6-11,14H2,1H3,(H,22,27). The summed E-state index contributed by atoms with van der Waals surface area (Å²) in [7, 11) is 0. The van der Waals surface area contributed by atoms with Gasteiger partial charge in [0.15, 0.2) is 5.76 Å². The smallest absolute Gasteiger partial charge is 0.291 e. The highest BCUT2D eigenvalue weighted by molar-refractivity contribution is 7.18. The number of carbonyl (C=O) groups is 3. The van der Waals surface area contributed by atoms with Gasteiger partial charge in [0.2, 0.25) is 5.91 Å². The van der Waals surface area contributed by atoms with Crippen molar-refractivity contribution in [3.05, 3.63) is 40.7 Å². The largest absolute Gasteiger partial charge is 0.459 e. The summed E-state index contributed by atoms with van der Waals surface area (Å²) < 4.78 is 5.10. The molecular formula is C21H26N4O4S. The number of aryl methyl sites for hydroxylation is 1. The molecule has 0 bridgehead atoms. The Morgan fingerprint density at radius 1 is 1.07 bits per heavy atom. The van der Waals surface area contributed by atoms with E-state index >= 15 is 0 Å². The molecule has 0 radical (unpaired) electrons. The van der Waals surface area contributed by atoms with Crippen LogP contribution in [0.25, 0.3) is 0 Å². The number of carbonyl (C=O) groups excluding carboxylic acids is 3. The average Bonchev–Trinajstić information content (AvgIpc) is 3.50. The van der Waals surface area contributed by atoms with Gasteiger partial charge in [0.05, 0.1) is 22.7 Å². The lowest BCUT2D eigenvalue weighted by atomic mass is 10.2. The van der Waals surface area contributed by atoms with Gasteiger partial charge in [0.1, 0.15) is 0 Å². The first-order chi connectivity index (χ1) is 14.5. The molecule has 30 heavy (non-hydrogen) atoms. The van der Waals surface area contributed by atoms with Crippen molar-refractivity contribution in [1.29, 1.82) is 0 Å². The number of hydrogen-bond donors (Lipinski definition) is 1. The van der Waals surface area contributed by atoms with Crippen LogP contribution in [0.4, 0.5) is 5.00 Å². The van der Waals surface area contributed by atoms with Crippen molar-refractivity contribution in [2.24, 2.45) is 0 Å². The first-order valence-corrected chi connectivity index (χ1v) is 11.1. The van der Waals surface area contributed by atoms with Crippen LogP contribution in [0, 0.1) is 6.92 Å². The van der Waals surface area contributed by atoms with E-state index in [0.717, 1.165) is 31.5 Å². The third kappa shape index (κ3) is 4.57. The molecule has 2 fully saturated rings. The Hall–Kier alpha value is -2.65. The molecule has 0 atom stereocenters. The minimum absolute atomic E-state index is 0.0264. The third-order valence-electron chi connectivity index (χ3n) is 5.57. The average molecular weight is 431 g/mol. The highest BCUT2D eigenvalue weighted by atomic mass is 32.1. The summed E-state index contributed by atoms with van der Waals surface area (Å²) in [6.45, 7) is 6.62. The van der Waals surface area contributed by atoms with Gasteiger partial charge < -0.3 is 19.5 Å². The zero-order valence-corrected chi connectivity index (χ0v) is 17.9. The molecule has 160 valence electrons. The number of thiophene rings is 1. The van der Waals surface area contributed by atoms with Gasteiger partial charge in [-0.15, -0.1) is 11.3 Å². The Labute approximate surface area is 179 Å². The second kappa shape index (κ2) is 9.01. The van der Waals surface area contributed by atoms with Crippen molar-refractivity contribution in [2.75, 3.05) is 51.1 Å². The number of nitrogens with zero attached hydrogens (tertiary/aromatic N) is 3. The van der Waals surface area contributed by atoms with Crippen LogP contribution in [0.5, 0.6) is 0 Å². The van der Waals surface area contributed by atoms with E-state index < -0.39 is 0 Å². The van der Waals surface area contributed by atoms with Crippen molar-refractivity contribution < 1.29 is 18.8 Å². The van der Waals surface area contributed by atoms with E-state index in [1.165, 1.54) is 17.6 Å². The van der Waals surface area contributed by atoms with E-state index in [9.17, 15) is 14.4 Å². The molecule has 1 N–H and O–H groups in total. The van der Waals surface area contributed by atoms with Crippen molar-refractivity contribution in [3.8, 4) is 0 Å². The summed E-state index contributed by atoms with van der Waals surface area (Å²) in [5.74, 6) is 0.0601. The van der Waals surface area contributed by atoms with Crippen LogP contribution in [0.15, 0.2) is 28.9 Å². The molecule has 2 aliphatic rings. The third-order valence-corrected chi connectivity index (χ3v) is 6.71. The fourth-order valence-electron chi connectivity index (χ4n) is 3.85. The maximum absolute atomic E-state index is 13.0. The lowest BCUT2D eigenvalue weighted by molar-refractivity contribution is -0.131. The highest BCUT2D eigenvalue weighted by Crippen LogP contribution is 2.28. The number of amides is 3. The Morgan fingerprint density at radius 2 is 1.80 bits per heavy atom. The molecule has 4 rings (SSSR count). The van der Waals surface area contributed by atoms with E-state index in [1.807, 2.05) is 22.8 Å². The highest BCUT2D eigenvalue weighted by Gasteiger charge is 2.27. The number of furan rings is 1. The van der Waals surface area contributed by atoms with Crippen LogP contribution < -0.4 is 5.32 Å². The predicted molar refractivity (Wildman–Crippen MR) is 114 cm³/mol. The predicted octanol–water partition coefficient (Wildman–Crippen LogP) is 2.28. The van der Waals surface area contributed by atoms with E-state index in [4.69, 9.17) is 4.42 Å². The number of hydrogen-bond acceptors (Lipinski definition) is 6. The summed E-state index contributed by atoms with van der Waals surface area (Å²) in [5, 5.41) is 3.40. The maximum atomic E-state index is 13.0. The molecule has 2 aromatic heterocycles. The topological polar surface area (TPSA) is 86.1 Å². The van der Waals surface area contributed by atoms with Gasteiger partial charge in [-0.05, 0) is 43.5 Å². The summed E-state index contributed by atoms with van der Waals surface area (Å²) in [4.78, 5) is 44.0. The van der Waals surface area contributed by atoms with Gasteiger partial charge in [-0.1, -0.05) is 0 Å². The minimum atomic E-state index is -0.337. The molecule has 8 nitrogen and oxygen atoms in total. The zero-order valence-electron chi connectivity index (χ0n) is 17.1. The molecule has 0 aromatic carbocycles. The number of likely N-dealkylation sites (tertiary alicyclic amines) is 1. The second-order valence-corrected chi connectivity index (χ2v) is 8.76. The minimum Gasteiger partial charge on any atom is -0.459 e. The Kier molecular flexibility index (Phi) is 6.19. The van der Waals surface area contributed by atoms with E-state index in [-0.39, 0.29) is 23.5 Å². The molecule has 0 spiro atoms. The van der Waals surface area contributed by atoms with Crippen LogP contribution in [-0.2, 0) is 4.79 Å². The molecule has 0 unspecified atom stereocenters. The maximum Gasteiger partial charge on any atom is 0.291 e. The van der Waals surface area contributed by atoms with Gasteiger partial charge in [0, 0.05) is 39.3 Å². The fraction of sp³-hybridized carbons (Fsp3) is 0.476. The normalized spacial score (nSPS) is 17.4. The SMILES string of the molecule is Cc1cc(NC(=O)c2ccco2)sc1C(=O)N1CCN(CC(=O)N2CCCC2)CC1. The lowest BCUT2D eigenvalue weighted by Gasteiger charge is -2.35. The summed E-state index contributed by atoms with van der Waals surface area (Å²) in [5.41, 5.74) is 0.839. The molecule has 2 aromatic rings. The van der Waals surface area contributed by atoms with E-state index in [0.29, 0.717) is 42.6 Å². The molecule has 3 amide bonds. The second-order valence-electron chi connectivity index (χ2n) is 7.71. The van der Waals surface area contributed by atoms with Gasteiger partial charge in [0.25, 0.3) is 11.8 Å². The summed E-state index contributed by atoms with van der Waals surface area (Å²) >= 11 is 1.28. The molecule has 2 aliphatic heterocycles. The fourth-order valence-corrected chi connectivity index (χ4v) is 4.88. The monoisotopic (exact) mass is 430 g/mol. The molecule has 2 saturated heterocycles. The van der Waals surface area contributed by atoms with Gasteiger partial charge in [-0.3, -0.25) is 19.3 Å². The first kappa shape index (κ1) is 20.6. The van der Waals surface area contributed by atoms with Crippen molar-refractivity contribution >= 4 is 34.1 Å². The zero-order chi connectivity index (χ0) is 21.1. The Morgan fingerprint density at radius 3 is 2.47 bits per heavy atom. The molecule has 0 aliphatic carbocycles. The Bertz CT molecular complexity index is 910. The summed E-state index contributed by atoms with van der Waals surface area (Å²) in [6.07, 6.45) is 3.64. The van der Waals surface area contributed by atoms with Crippen molar-refractivity contribution in [2.45, 2.75) is 19.8 Å². The van der Waals surface area contributed by atoms with Crippen molar-refractivity contribution in [3.63, 3.8) is 0 Å². The van der Waals surface area contributed by atoms with Gasteiger partial charge >= 0.3 is 0 Å². The van der Waals surface area contributed by atoms with Crippen LogP contribution in [-0.4, -0.2) is 78.2 Å². The molecule has 9 heteroatoms. The number of nitrogens with one attached hydrogen (secondary N) is 1. The van der Waals surface area contributed by atoms with Crippen LogP contribution in [0.1, 0.15) is 38.6 Å². The molecular weight excluding hydrogens is 404 g/mol. The number of anilines is 1. The van der Waals surface area contributed by atoms with Gasteiger partial charge in [-0.2, -0.15) is 0 Å². The van der Waals surface area contributed by atoms with Crippen molar-refractivity contribution in [1.82, 2.24) is 14.7 Å².